The Bertz CT molecular complexity index is 1470. The van der Waals surface area contributed by atoms with Crippen LogP contribution in [-0.4, -0.2) is 64.1 Å². The molecule has 3 aliphatic rings. The smallest absolute Gasteiger partial charge is 0.231 e. The van der Waals surface area contributed by atoms with Gasteiger partial charge < -0.3 is 38.3 Å². The quantitative estimate of drug-likeness (QED) is 0.446. The molecular formula is C31H34O9. The minimum Gasteiger partial charge on any atom is -0.493 e. The van der Waals surface area contributed by atoms with Crippen LogP contribution in [0.3, 0.4) is 0 Å². The molecule has 1 saturated heterocycles. The zero-order chi connectivity index (χ0) is 28.1. The molecule has 0 amide bonds. The second kappa shape index (κ2) is 10.5. The zero-order valence-electron chi connectivity index (χ0n) is 23.3. The van der Waals surface area contributed by atoms with Crippen molar-refractivity contribution < 1.29 is 43.1 Å². The average Bonchev–Trinajstić information content (AvgIpc) is 3.60. The van der Waals surface area contributed by atoms with E-state index in [4.69, 9.17) is 33.2 Å². The van der Waals surface area contributed by atoms with Crippen LogP contribution in [0, 0.1) is 11.8 Å². The minimum absolute atomic E-state index is 0.0345. The van der Waals surface area contributed by atoms with Crippen molar-refractivity contribution in [1.82, 2.24) is 0 Å². The lowest BCUT2D eigenvalue weighted by atomic mass is 9.83. The van der Waals surface area contributed by atoms with Crippen molar-refractivity contribution >= 4 is 16.6 Å². The van der Waals surface area contributed by atoms with E-state index in [0.717, 1.165) is 27.5 Å². The maximum Gasteiger partial charge on any atom is 0.231 e. The standard InChI is InChI=1S/C31H34O9/c1-15-16(2)29(36-5)31(39-26(15)13-32)40-30-18-7-8-21(33)28(18)27(17-6-9-22-25(10-17)38-14-37-22)19-11-23(34-3)24(35-4)12-20(19)30/h6,9-12,15-16,26,29,31-32H,7-8,13-14H2,1-5H3. The van der Waals surface area contributed by atoms with Gasteiger partial charge in [0.05, 0.1) is 26.9 Å². The highest BCUT2D eigenvalue weighted by Gasteiger charge is 2.44. The third-order valence-corrected chi connectivity index (χ3v) is 8.60. The fraction of sp³-hybridized carbons (Fsp3) is 0.452. The SMILES string of the molecule is COc1cc2c(OC3OC(CO)C(C)C(C)C3OC)c3c(c(-c4ccc5c(c4)OCO5)c2cc1OC)C(=O)CC3. The third kappa shape index (κ3) is 4.15. The van der Waals surface area contributed by atoms with Gasteiger partial charge in [0.1, 0.15) is 11.9 Å². The Balaban J connectivity index is 1.59. The molecule has 0 radical (unpaired) electrons. The van der Waals surface area contributed by atoms with Crippen molar-refractivity contribution in [3.63, 3.8) is 0 Å². The fourth-order valence-electron chi connectivity index (χ4n) is 6.24. The van der Waals surface area contributed by atoms with Crippen LogP contribution in [-0.2, 0) is 15.9 Å². The first-order valence-corrected chi connectivity index (χ1v) is 13.5. The third-order valence-electron chi connectivity index (χ3n) is 8.60. The molecule has 2 heterocycles. The molecule has 3 aromatic rings. The van der Waals surface area contributed by atoms with Crippen LogP contribution in [0.1, 0.15) is 36.2 Å². The number of Topliss-reactive ketones (excluding diaryl/α,β-unsaturated/α-hetero) is 1. The summed E-state index contributed by atoms with van der Waals surface area (Å²) in [5.41, 5.74) is 3.02. The number of benzene rings is 3. The fourth-order valence-corrected chi connectivity index (χ4v) is 6.24. The van der Waals surface area contributed by atoms with Gasteiger partial charge in [-0.2, -0.15) is 0 Å². The number of rotatable bonds is 7. The predicted molar refractivity (Wildman–Crippen MR) is 147 cm³/mol. The van der Waals surface area contributed by atoms with Gasteiger partial charge in [-0.1, -0.05) is 19.9 Å². The maximum absolute atomic E-state index is 13.5. The average molecular weight is 551 g/mol. The second-order valence-corrected chi connectivity index (χ2v) is 10.6. The molecular weight excluding hydrogens is 516 g/mol. The Hall–Kier alpha value is -3.53. The van der Waals surface area contributed by atoms with Gasteiger partial charge in [-0.05, 0) is 53.5 Å². The summed E-state index contributed by atoms with van der Waals surface area (Å²) in [5, 5.41) is 11.5. The Kier molecular flexibility index (Phi) is 6.98. The number of aliphatic hydroxyl groups excluding tert-OH is 1. The summed E-state index contributed by atoms with van der Waals surface area (Å²) in [5.74, 6) is 3.06. The van der Waals surface area contributed by atoms with E-state index in [0.29, 0.717) is 47.2 Å². The number of hydrogen-bond acceptors (Lipinski definition) is 9. The summed E-state index contributed by atoms with van der Waals surface area (Å²) in [7, 11) is 4.80. The predicted octanol–water partition coefficient (Wildman–Crippen LogP) is 4.76. The van der Waals surface area contributed by atoms with Gasteiger partial charge in [-0.25, -0.2) is 0 Å². The summed E-state index contributed by atoms with van der Waals surface area (Å²) < 4.78 is 41.3. The maximum atomic E-state index is 13.5. The number of ketones is 1. The highest BCUT2D eigenvalue weighted by atomic mass is 16.7. The van der Waals surface area contributed by atoms with E-state index >= 15 is 0 Å². The lowest BCUT2D eigenvalue weighted by Crippen LogP contribution is -2.53. The zero-order valence-corrected chi connectivity index (χ0v) is 23.3. The number of carbonyl (C=O) groups excluding carboxylic acids is 1. The molecule has 0 saturated carbocycles. The summed E-state index contributed by atoms with van der Waals surface area (Å²) in [4.78, 5) is 13.5. The van der Waals surface area contributed by atoms with Crippen molar-refractivity contribution in [1.29, 1.82) is 0 Å². The Labute approximate surface area is 232 Å². The molecule has 5 unspecified atom stereocenters. The summed E-state index contributed by atoms with van der Waals surface area (Å²) >= 11 is 0. The van der Waals surface area contributed by atoms with E-state index in [2.05, 4.69) is 6.92 Å². The van der Waals surface area contributed by atoms with Crippen LogP contribution >= 0.6 is 0 Å². The monoisotopic (exact) mass is 550 g/mol. The second-order valence-electron chi connectivity index (χ2n) is 10.6. The van der Waals surface area contributed by atoms with Gasteiger partial charge in [-0.15, -0.1) is 0 Å². The lowest BCUT2D eigenvalue weighted by molar-refractivity contribution is -0.250. The molecule has 5 atom stereocenters. The minimum atomic E-state index is -0.791. The van der Waals surface area contributed by atoms with Gasteiger partial charge in [0, 0.05) is 35.6 Å². The molecule has 3 aromatic carbocycles. The molecule has 0 bridgehead atoms. The van der Waals surface area contributed by atoms with Gasteiger partial charge in [0.15, 0.2) is 28.8 Å². The van der Waals surface area contributed by atoms with E-state index < -0.39 is 12.4 Å². The van der Waals surface area contributed by atoms with E-state index in [1.54, 1.807) is 21.3 Å². The Morgan fingerprint density at radius 3 is 2.33 bits per heavy atom. The van der Waals surface area contributed by atoms with Crippen LogP contribution < -0.4 is 23.7 Å². The Morgan fingerprint density at radius 1 is 0.900 bits per heavy atom. The number of hydrogen-bond donors (Lipinski definition) is 1. The van der Waals surface area contributed by atoms with Crippen molar-refractivity contribution in [2.45, 2.75) is 45.2 Å². The molecule has 1 fully saturated rings. The van der Waals surface area contributed by atoms with Crippen molar-refractivity contribution in [2.75, 3.05) is 34.7 Å². The summed E-state index contributed by atoms with van der Waals surface area (Å²) in [6.07, 6.45) is -0.699. The van der Waals surface area contributed by atoms with E-state index in [1.807, 2.05) is 37.3 Å². The van der Waals surface area contributed by atoms with Gasteiger partial charge in [0.2, 0.25) is 13.1 Å². The van der Waals surface area contributed by atoms with Crippen LogP contribution in [0.25, 0.3) is 21.9 Å². The van der Waals surface area contributed by atoms with Crippen molar-refractivity contribution in [3.05, 3.63) is 41.5 Å². The first kappa shape index (κ1) is 26.7. The molecule has 1 aliphatic carbocycles. The van der Waals surface area contributed by atoms with Gasteiger partial charge >= 0.3 is 0 Å². The van der Waals surface area contributed by atoms with E-state index in [9.17, 15) is 9.90 Å². The first-order chi connectivity index (χ1) is 19.4. The summed E-state index contributed by atoms with van der Waals surface area (Å²) in [6.45, 7) is 4.13. The number of aliphatic hydroxyl groups is 1. The molecule has 9 heteroatoms. The summed E-state index contributed by atoms with van der Waals surface area (Å²) in [6, 6.07) is 9.45. The molecule has 2 aliphatic heterocycles. The molecule has 9 nitrogen and oxygen atoms in total. The number of fused-ring (bicyclic) bond motifs is 3. The van der Waals surface area contributed by atoms with Crippen molar-refractivity contribution in [3.8, 4) is 39.9 Å². The van der Waals surface area contributed by atoms with Crippen LogP contribution in [0.4, 0.5) is 0 Å². The molecule has 0 spiro atoms. The van der Waals surface area contributed by atoms with Crippen LogP contribution in [0.5, 0.6) is 28.7 Å². The molecule has 1 N–H and O–H groups in total. The number of ether oxygens (including phenoxy) is 7. The van der Waals surface area contributed by atoms with Gasteiger partial charge in [-0.3, -0.25) is 4.79 Å². The highest BCUT2D eigenvalue weighted by Crippen LogP contribution is 2.50. The topological polar surface area (TPSA) is 102 Å². The Morgan fingerprint density at radius 2 is 1.62 bits per heavy atom. The first-order valence-electron chi connectivity index (χ1n) is 13.5. The van der Waals surface area contributed by atoms with Crippen LogP contribution in [0.2, 0.25) is 0 Å². The van der Waals surface area contributed by atoms with Crippen molar-refractivity contribution in [2.24, 2.45) is 11.8 Å². The highest BCUT2D eigenvalue weighted by molar-refractivity contribution is 6.16. The number of carbonyl (C=O) groups is 1. The molecule has 6 rings (SSSR count). The normalized spacial score (nSPS) is 25.2. The molecule has 212 valence electrons. The van der Waals surface area contributed by atoms with Gasteiger partial charge in [0.25, 0.3) is 0 Å². The molecule has 0 aromatic heterocycles. The van der Waals surface area contributed by atoms with E-state index in [1.165, 1.54) is 0 Å². The van der Waals surface area contributed by atoms with E-state index in [-0.39, 0.29) is 37.1 Å². The largest absolute Gasteiger partial charge is 0.493 e. The number of methoxy groups -OCH3 is 3. The lowest BCUT2D eigenvalue weighted by Gasteiger charge is -2.43. The van der Waals surface area contributed by atoms with Crippen LogP contribution in [0.15, 0.2) is 30.3 Å². The molecule has 40 heavy (non-hydrogen) atoms.